The first-order valence-corrected chi connectivity index (χ1v) is 11.1. The Hall–Kier alpha value is -1.12. The molecule has 0 atom stereocenters. The molecule has 2 rings (SSSR count). The van der Waals surface area contributed by atoms with E-state index in [1.165, 1.54) is 42.0 Å². The van der Waals surface area contributed by atoms with Gasteiger partial charge in [0.25, 0.3) is 0 Å². The second-order valence-electron chi connectivity index (χ2n) is 7.09. The van der Waals surface area contributed by atoms with Gasteiger partial charge in [0.05, 0.1) is 0 Å². The van der Waals surface area contributed by atoms with Crippen LogP contribution in [-0.2, 0) is 6.42 Å². The molecule has 0 fully saturated rings. The van der Waals surface area contributed by atoms with E-state index in [2.05, 4.69) is 50.2 Å². The van der Waals surface area contributed by atoms with Gasteiger partial charge in [0.2, 0.25) is 8.32 Å². The lowest BCUT2D eigenvalue weighted by Crippen LogP contribution is -2.41. The van der Waals surface area contributed by atoms with E-state index in [1.54, 1.807) is 0 Å². The van der Waals surface area contributed by atoms with E-state index in [-0.39, 0.29) is 0 Å². The Labute approximate surface area is 130 Å². The summed E-state index contributed by atoms with van der Waals surface area (Å²) in [4.78, 5) is 10.2. The van der Waals surface area contributed by atoms with E-state index in [4.69, 9.17) is 0 Å². The number of benzene rings is 2. The maximum atomic E-state index is 10.2. The molecule has 2 heteroatoms. The molecular weight excluding hydrogens is 272 g/mol. The van der Waals surface area contributed by atoms with E-state index in [1.807, 2.05) is 13.1 Å². The molecule has 1 nitrogen and oxygen atoms in total. The Balaban J connectivity index is 2.08. The molecule has 2 aromatic rings. The highest BCUT2D eigenvalue weighted by Crippen LogP contribution is 2.18. The Morgan fingerprint density at radius 1 is 0.952 bits per heavy atom. The molecule has 0 unspecified atom stereocenters. The summed E-state index contributed by atoms with van der Waals surface area (Å²) in [6.45, 7) is 8.52. The van der Waals surface area contributed by atoms with Gasteiger partial charge in [-0.2, -0.15) is 0 Å². The summed E-state index contributed by atoms with van der Waals surface area (Å²) in [6.07, 6.45) is 5.09. The standard InChI is InChI=1S/C19H28OSi/c1-15(2)7-5-6-8-16-9-10-18-14-19(21(3,4)20)12-11-17(18)13-16/h9-15,20H,5-8H2,1-4H3. The third kappa shape index (κ3) is 4.68. The quantitative estimate of drug-likeness (QED) is 0.610. The number of hydrogen-bond acceptors (Lipinski definition) is 1. The summed E-state index contributed by atoms with van der Waals surface area (Å²) in [5.74, 6) is 0.811. The van der Waals surface area contributed by atoms with Crippen molar-refractivity contribution in [3.05, 3.63) is 42.0 Å². The van der Waals surface area contributed by atoms with Crippen molar-refractivity contribution in [2.45, 2.75) is 52.6 Å². The zero-order valence-electron chi connectivity index (χ0n) is 13.8. The SMILES string of the molecule is CC(C)CCCCc1ccc2cc([Si](C)(C)O)ccc2c1. The van der Waals surface area contributed by atoms with Crippen LogP contribution in [0.3, 0.4) is 0 Å². The molecule has 114 valence electrons. The van der Waals surface area contributed by atoms with Gasteiger partial charge in [0.1, 0.15) is 0 Å². The van der Waals surface area contributed by atoms with E-state index in [9.17, 15) is 4.80 Å². The minimum atomic E-state index is -2.20. The molecule has 2 aromatic carbocycles. The van der Waals surface area contributed by atoms with Crippen molar-refractivity contribution in [2.24, 2.45) is 5.92 Å². The molecule has 0 aliphatic heterocycles. The fraction of sp³-hybridized carbons (Fsp3) is 0.474. The smallest absolute Gasteiger partial charge is 0.213 e. The fourth-order valence-corrected chi connectivity index (χ4v) is 3.71. The van der Waals surface area contributed by atoms with Gasteiger partial charge in [-0.05, 0) is 53.4 Å². The lowest BCUT2D eigenvalue weighted by Gasteiger charge is -2.15. The van der Waals surface area contributed by atoms with Crippen molar-refractivity contribution < 1.29 is 4.80 Å². The summed E-state index contributed by atoms with van der Waals surface area (Å²) in [5.41, 5.74) is 1.43. The first-order chi connectivity index (χ1) is 9.86. The van der Waals surface area contributed by atoms with Crippen molar-refractivity contribution in [1.29, 1.82) is 0 Å². The Bertz CT molecular complexity index is 596. The van der Waals surface area contributed by atoms with Gasteiger partial charge in [-0.15, -0.1) is 0 Å². The van der Waals surface area contributed by atoms with Crippen LogP contribution in [0.5, 0.6) is 0 Å². The minimum Gasteiger partial charge on any atom is -0.428 e. The molecule has 0 bridgehead atoms. The minimum absolute atomic E-state index is 0.811. The van der Waals surface area contributed by atoms with Crippen LogP contribution < -0.4 is 5.19 Å². The molecule has 0 radical (unpaired) electrons. The van der Waals surface area contributed by atoms with Crippen LogP contribution in [0.4, 0.5) is 0 Å². The Morgan fingerprint density at radius 2 is 1.62 bits per heavy atom. The predicted molar refractivity (Wildman–Crippen MR) is 95.7 cm³/mol. The average molecular weight is 301 g/mol. The molecule has 21 heavy (non-hydrogen) atoms. The molecule has 0 saturated carbocycles. The van der Waals surface area contributed by atoms with Crippen LogP contribution in [0, 0.1) is 5.92 Å². The van der Waals surface area contributed by atoms with Gasteiger partial charge < -0.3 is 4.80 Å². The van der Waals surface area contributed by atoms with Crippen LogP contribution in [0.2, 0.25) is 13.1 Å². The molecular formula is C19H28OSi. The van der Waals surface area contributed by atoms with Crippen molar-refractivity contribution >= 4 is 24.3 Å². The summed E-state index contributed by atoms with van der Waals surface area (Å²) in [5, 5.41) is 3.64. The molecule has 1 N–H and O–H groups in total. The summed E-state index contributed by atoms with van der Waals surface area (Å²) in [7, 11) is -2.20. The van der Waals surface area contributed by atoms with Gasteiger partial charge in [-0.25, -0.2) is 0 Å². The molecule has 0 aromatic heterocycles. The van der Waals surface area contributed by atoms with E-state index in [0.717, 1.165) is 11.1 Å². The number of unbranched alkanes of at least 4 members (excludes halogenated alkanes) is 1. The monoisotopic (exact) mass is 300 g/mol. The lowest BCUT2D eigenvalue weighted by molar-refractivity contribution is 0.538. The van der Waals surface area contributed by atoms with E-state index in [0.29, 0.717) is 0 Å². The maximum Gasteiger partial charge on any atom is 0.213 e. The molecule has 0 aliphatic rings. The highest BCUT2D eigenvalue weighted by Gasteiger charge is 2.19. The molecule has 0 spiro atoms. The van der Waals surface area contributed by atoms with Crippen molar-refractivity contribution in [3.63, 3.8) is 0 Å². The van der Waals surface area contributed by atoms with E-state index < -0.39 is 8.32 Å². The van der Waals surface area contributed by atoms with Crippen LogP contribution in [0.1, 0.15) is 38.7 Å². The number of hydrogen-bond donors (Lipinski definition) is 1. The molecule has 0 aliphatic carbocycles. The second kappa shape index (κ2) is 6.76. The number of fused-ring (bicyclic) bond motifs is 1. The lowest BCUT2D eigenvalue weighted by atomic mass is 10.0. The van der Waals surface area contributed by atoms with Gasteiger partial charge in [-0.3, -0.25) is 0 Å². The molecule has 0 saturated heterocycles. The van der Waals surface area contributed by atoms with Gasteiger partial charge in [-0.1, -0.05) is 63.1 Å². The van der Waals surface area contributed by atoms with Crippen LogP contribution in [0.25, 0.3) is 10.8 Å². The zero-order valence-corrected chi connectivity index (χ0v) is 14.8. The Morgan fingerprint density at radius 3 is 2.29 bits per heavy atom. The molecule has 0 heterocycles. The number of rotatable bonds is 6. The normalized spacial score (nSPS) is 12.3. The van der Waals surface area contributed by atoms with Gasteiger partial charge >= 0.3 is 0 Å². The van der Waals surface area contributed by atoms with Gasteiger partial charge in [0.15, 0.2) is 0 Å². The molecule has 0 amide bonds. The highest BCUT2D eigenvalue weighted by molar-refractivity contribution is 6.83. The average Bonchev–Trinajstić information content (AvgIpc) is 2.41. The highest BCUT2D eigenvalue weighted by atomic mass is 28.4. The first kappa shape index (κ1) is 16.3. The van der Waals surface area contributed by atoms with E-state index >= 15 is 0 Å². The third-order valence-corrected chi connectivity index (χ3v) is 5.83. The first-order valence-electron chi connectivity index (χ1n) is 8.12. The van der Waals surface area contributed by atoms with Crippen molar-refractivity contribution in [1.82, 2.24) is 0 Å². The van der Waals surface area contributed by atoms with Crippen LogP contribution in [-0.4, -0.2) is 13.1 Å². The Kier molecular flexibility index (Phi) is 5.23. The van der Waals surface area contributed by atoms with Crippen LogP contribution in [0.15, 0.2) is 36.4 Å². The van der Waals surface area contributed by atoms with Crippen LogP contribution >= 0.6 is 0 Å². The zero-order chi connectivity index (χ0) is 15.5. The maximum absolute atomic E-state index is 10.2. The van der Waals surface area contributed by atoms with Gasteiger partial charge in [0, 0.05) is 0 Å². The largest absolute Gasteiger partial charge is 0.428 e. The number of aryl methyl sites for hydroxylation is 1. The summed E-state index contributed by atoms with van der Waals surface area (Å²) >= 11 is 0. The van der Waals surface area contributed by atoms with Crippen molar-refractivity contribution in [2.75, 3.05) is 0 Å². The fourth-order valence-electron chi connectivity index (χ4n) is 2.71. The topological polar surface area (TPSA) is 20.2 Å². The second-order valence-corrected chi connectivity index (χ2v) is 10.8. The third-order valence-electron chi connectivity index (χ3n) is 4.11. The summed E-state index contributed by atoms with van der Waals surface area (Å²) in [6, 6.07) is 13.2. The summed E-state index contributed by atoms with van der Waals surface area (Å²) < 4.78 is 0. The van der Waals surface area contributed by atoms with Crippen molar-refractivity contribution in [3.8, 4) is 0 Å². The predicted octanol–water partition coefficient (Wildman–Crippen LogP) is 4.61.